The van der Waals surface area contributed by atoms with E-state index in [0.29, 0.717) is 0 Å². The number of hydrogen-bond acceptors (Lipinski definition) is 1. The van der Waals surface area contributed by atoms with Crippen LogP contribution in [0.2, 0.25) is 0 Å². The highest BCUT2D eigenvalue weighted by molar-refractivity contribution is 5.97. The largest absolute Gasteiger partial charge is 0.294 e. The second-order valence-corrected chi connectivity index (χ2v) is 4.57. The van der Waals surface area contributed by atoms with Crippen LogP contribution in [0, 0.1) is 19.7 Å². The lowest BCUT2D eigenvalue weighted by Gasteiger charge is -2.04. The maximum absolute atomic E-state index is 13.6. The van der Waals surface area contributed by atoms with Gasteiger partial charge in [-0.1, -0.05) is 41.5 Å². The molecule has 0 fully saturated rings. The summed E-state index contributed by atoms with van der Waals surface area (Å²) >= 11 is 0. The van der Waals surface area contributed by atoms with Crippen LogP contribution in [0.4, 0.5) is 4.39 Å². The summed E-state index contributed by atoms with van der Waals surface area (Å²) in [4.78, 5) is 12.0. The lowest BCUT2D eigenvalue weighted by molar-refractivity contribution is 0.0989. The van der Waals surface area contributed by atoms with Gasteiger partial charge in [0.15, 0.2) is 5.78 Å². The van der Waals surface area contributed by atoms with Gasteiger partial charge in [0.05, 0.1) is 5.56 Å². The SMILES string of the molecule is Cc1ccc(CC(=O)c2cc(C)ccc2F)cc1. The van der Waals surface area contributed by atoms with E-state index in [0.717, 1.165) is 16.7 Å². The standard InChI is InChI=1S/C16H15FO/c1-11-3-6-13(7-4-11)10-16(18)14-9-12(2)5-8-15(14)17/h3-9H,10H2,1-2H3. The normalized spacial score (nSPS) is 10.4. The van der Waals surface area contributed by atoms with Crippen molar-refractivity contribution in [1.82, 2.24) is 0 Å². The smallest absolute Gasteiger partial charge is 0.170 e. The molecule has 0 atom stereocenters. The maximum Gasteiger partial charge on any atom is 0.170 e. The Morgan fingerprint density at radius 2 is 1.61 bits per heavy atom. The fraction of sp³-hybridized carbons (Fsp3) is 0.188. The molecule has 2 rings (SSSR count). The first-order chi connectivity index (χ1) is 8.56. The van der Waals surface area contributed by atoms with Crippen LogP contribution in [-0.4, -0.2) is 5.78 Å². The number of halogens is 1. The van der Waals surface area contributed by atoms with Crippen LogP contribution in [-0.2, 0) is 6.42 Å². The molecule has 0 radical (unpaired) electrons. The first-order valence-corrected chi connectivity index (χ1v) is 5.91. The van der Waals surface area contributed by atoms with Gasteiger partial charge >= 0.3 is 0 Å². The highest BCUT2D eigenvalue weighted by atomic mass is 19.1. The van der Waals surface area contributed by atoms with Crippen molar-refractivity contribution in [2.45, 2.75) is 20.3 Å². The van der Waals surface area contributed by atoms with Crippen molar-refractivity contribution < 1.29 is 9.18 Å². The van der Waals surface area contributed by atoms with Gasteiger partial charge in [0.1, 0.15) is 5.82 Å². The van der Waals surface area contributed by atoms with Crippen molar-refractivity contribution in [3.63, 3.8) is 0 Å². The third-order valence-corrected chi connectivity index (χ3v) is 2.91. The number of carbonyl (C=O) groups is 1. The number of carbonyl (C=O) groups excluding carboxylic acids is 1. The van der Waals surface area contributed by atoms with Crippen LogP contribution in [0.5, 0.6) is 0 Å². The van der Waals surface area contributed by atoms with E-state index in [4.69, 9.17) is 0 Å². The Hall–Kier alpha value is -1.96. The molecule has 0 bridgehead atoms. The molecule has 2 aromatic rings. The molecular formula is C16H15FO. The Morgan fingerprint density at radius 1 is 1.00 bits per heavy atom. The average Bonchev–Trinajstić information content (AvgIpc) is 2.35. The van der Waals surface area contributed by atoms with Gasteiger partial charge in [-0.2, -0.15) is 0 Å². The second kappa shape index (κ2) is 5.13. The molecule has 0 aromatic heterocycles. The molecule has 0 aliphatic heterocycles. The van der Waals surface area contributed by atoms with Gasteiger partial charge in [0.2, 0.25) is 0 Å². The molecule has 2 heteroatoms. The first-order valence-electron chi connectivity index (χ1n) is 5.91. The molecule has 0 amide bonds. The summed E-state index contributed by atoms with van der Waals surface area (Å²) in [6.07, 6.45) is 0.237. The molecule has 0 saturated carbocycles. The molecule has 0 saturated heterocycles. The highest BCUT2D eigenvalue weighted by Crippen LogP contribution is 2.14. The fourth-order valence-corrected chi connectivity index (χ4v) is 1.84. The minimum Gasteiger partial charge on any atom is -0.294 e. The van der Waals surface area contributed by atoms with Crippen molar-refractivity contribution in [2.75, 3.05) is 0 Å². The molecular weight excluding hydrogens is 227 g/mol. The van der Waals surface area contributed by atoms with E-state index in [-0.39, 0.29) is 17.8 Å². The predicted octanol–water partition coefficient (Wildman–Crippen LogP) is 3.87. The average molecular weight is 242 g/mol. The van der Waals surface area contributed by atoms with E-state index in [9.17, 15) is 9.18 Å². The summed E-state index contributed by atoms with van der Waals surface area (Å²) in [5, 5.41) is 0. The number of ketones is 1. The van der Waals surface area contributed by atoms with E-state index < -0.39 is 5.82 Å². The first kappa shape index (κ1) is 12.5. The fourth-order valence-electron chi connectivity index (χ4n) is 1.84. The van der Waals surface area contributed by atoms with Gasteiger partial charge in [-0.05, 0) is 31.5 Å². The van der Waals surface area contributed by atoms with Crippen molar-refractivity contribution in [3.8, 4) is 0 Å². The topological polar surface area (TPSA) is 17.1 Å². The quantitative estimate of drug-likeness (QED) is 0.747. The van der Waals surface area contributed by atoms with Crippen molar-refractivity contribution >= 4 is 5.78 Å². The van der Waals surface area contributed by atoms with Crippen LogP contribution >= 0.6 is 0 Å². The molecule has 18 heavy (non-hydrogen) atoms. The van der Waals surface area contributed by atoms with E-state index in [2.05, 4.69) is 0 Å². The zero-order valence-electron chi connectivity index (χ0n) is 10.5. The van der Waals surface area contributed by atoms with Crippen LogP contribution in [0.15, 0.2) is 42.5 Å². The lowest BCUT2D eigenvalue weighted by atomic mass is 10.0. The number of rotatable bonds is 3. The summed E-state index contributed by atoms with van der Waals surface area (Å²) < 4.78 is 13.6. The zero-order valence-corrected chi connectivity index (χ0v) is 10.5. The summed E-state index contributed by atoms with van der Waals surface area (Å²) in [6, 6.07) is 12.3. The lowest BCUT2D eigenvalue weighted by Crippen LogP contribution is -2.06. The zero-order chi connectivity index (χ0) is 13.1. The molecule has 1 nitrogen and oxygen atoms in total. The number of Topliss-reactive ketones (excluding diaryl/α,β-unsaturated/α-hetero) is 1. The minimum atomic E-state index is -0.447. The summed E-state index contributed by atoms with van der Waals surface area (Å²) in [7, 11) is 0. The summed E-state index contributed by atoms with van der Waals surface area (Å²) in [5.41, 5.74) is 3.12. The highest BCUT2D eigenvalue weighted by Gasteiger charge is 2.12. The van der Waals surface area contributed by atoms with Gasteiger partial charge in [-0.3, -0.25) is 4.79 Å². The molecule has 92 valence electrons. The second-order valence-electron chi connectivity index (χ2n) is 4.57. The van der Waals surface area contributed by atoms with Crippen molar-refractivity contribution in [2.24, 2.45) is 0 Å². The molecule has 0 aliphatic carbocycles. The van der Waals surface area contributed by atoms with Crippen LogP contribution < -0.4 is 0 Å². The van der Waals surface area contributed by atoms with Crippen molar-refractivity contribution in [3.05, 3.63) is 70.5 Å². The van der Waals surface area contributed by atoms with Gasteiger partial charge in [-0.15, -0.1) is 0 Å². The third kappa shape index (κ3) is 2.83. The van der Waals surface area contributed by atoms with Gasteiger partial charge < -0.3 is 0 Å². The molecule has 0 N–H and O–H groups in total. The Morgan fingerprint density at radius 3 is 2.28 bits per heavy atom. The molecule has 0 aliphatic rings. The number of hydrogen-bond donors (Lipinski definition) is 0. The van der Waals surface area contributed by atoms with E-state index in [1.165, 1.54) is 6.07 Å². The minimum absolute atomic E-state index is 0.176. The van der Waals surface area contributed by atoms with Crippen LogP contribution in [0.1, 0.15) is 27.0 Å². The third-order valence-electron chi connectivity index (χ3n) is 2.91. The Balaban J connectivity index is 2.21. The van der Waals surface area contributed by atoms with Gasteiger partial charge in [0, 0.05) is 6.42 Å². The molecule has 2 aromatic carbocycles. The molecule has 0 spiro atoms. The number of aryl methyl sites for hydroxylation is 2. The predicted molar refractivity (Wildman–Crippen MR) is 70.4 cm³/mol. The molecule has 0 heterocycles. The Kier molecular flexibility index (Phi) is 3.56. The Bertz CT molecular complexity index is 570. The number of benzene rings is 2. The van der Waals surface area contributed by atoms with Gasteiger partial charge in [-0.25, -0.2) is 4.39 Å². The van der Waals surface area contributed by atoms with Crippen LogP contribution in [0.3, 0.4) is 0 Å². The van der Waals surface area contributed by atoms with E-state index in [1.807, 2.05) is 38.1 Å². The van der Waals surface area contributed by atoms with E-state index >= 15 is 0 Å². The van der Waals surface area contributed by atoms with Crippen molar-refractivity contribution in [1.29, 1.82) is 0 Å². The van der Waals surface area contributed by atoms with Crippen LogP contribution in [0.25, 0.3) is 0 Å². The Labute approximate surface area is 106 Å². The van der Waals surface area contributed by atoms with Gasteiger partial charge in [0.25, 0.3) is 0 Å². The van der Waals surface area contributed by atoms with E-state index in [1.54, 1.807) is 12.1 Å². The summed E-state index contributed by atoms with van der Waals surface area (Å²) in [5.74, 6) is -0.627. The summed E-state index contributed by atoms with van der Waals surface area (Å²) in [6.45, 7) is 3.84. The monoisotopic (exact) mass is 242 g/mol. The maximum atomic E-state index is 13.6. The molecule has 0 unspecified atom stereocenters.